The molecule has 0 heterocycles. The van der Waals surface area contributed by atoms with Crippen LogP contribution < -0.4 is 0 Å². The van der Waals surface area contributed by atoms with Crippen molar-refractivity contribution in [3.8, 4) is 11.1 Å². The fourth-order valence-electron chi connectivity index (χ4n) is 2.81. The number of non-ortho nitro benzene ring substituents is 2. The summed E-state index contributed by atoms with van der Waals surface area (Å²) in [7, 11) is 0. The Morgan fingerprint density at radius 3 is 2.14 bits per heavy atom. The molecule has 2 aromatic carbocycles. The molecule has 3 rings (SSSR count). The number of oxime groups is 1. The summed E-state index contributed by atoms with van der Waals surface area (Å²) in [4.78, 5) is 47.3. The lowest BCUT2D eigenvalue weighted by molar-refractivity contribution is -0.393. The van der Waals surface area contributed by atoms with E-state index in [9.17, 15) is 35.1 Å². The van der Waals surface area contributed by atoms with Gasteiger partial charge in [-0.1, -0.05) is 5.16 Å². The number of hydrogen-bond donors (Lipinski definition) is 1. The number of aliphatic carboxylic acids is 1. The minimum atomic E-state index is -1.40. The Balaban J connectivity index is 2.33. The molecule has 1 aliphatic rings. The van der Waals surface area contributed by atoms with Crippen LogP contribution in [0.15, 0.2) is 35.5 Å². The van der Waals surface area contributed by atoms with E-state index in [0.29, 0.717) is 0 Å². The Morgan fingerprint density at radius 1 is 0.966 bits per heavy atom. The van der Waals surface area contributed by atoms with E-state index in [4.69, 9.17) is 9.94 Å². The number of fused-ring (bicyclic) bond motifs is 3. The topological polar surface area (TPSA) is 188 Å². The smallest absolute Gasteiger partial charge is 0.347 e. The highest BCUT2D eigenvalue weighted by atomic mass is 16.7. The molecule has 0 bridgehead atoms. The maximum absolute atomic E-state index is 11.5. The van der Waals surface area contributed by atoms with Crippen LogP contribution in [0, 0.1) is 30.3 Å². The largest absolute Gasteiger partial charge is 0.478 e. The minimum absolute atomic E-state index is 0.0316. The summed E-state index contributed by atoms with van der Waals surface area (Å²) in [5.41, 5.74) is -1.61. The van der Waals surface area contributed by atoms with Gasteiger partial charge in [0.1, 0.15) is 5.71 Å². The highest BCUT2D eigenvalue weighted by molar-refractivity contribution is 6.26. The van der Waals surface area contributed by atoms with E-state index in [2.05, 4.69) is 5.16 Å². The van der Waals surface area contributed by atoms with E-state index in [1.54, 1.807) is 0 Å². The van der Waals surface area contributed by atoms with E-state index in [1.165, 1.54) is 13.0 Å². The number of rotatable bonds is 6. The monoisotopic (exact) mass is 402 g/mol. The van der Waals surface area contributed by atoms with Crippen LogP contribution in [0.2, 0.25) is 0 Å². The molecule has 29 heavy (non-hydrogen) atoms. The predicted octanol–water partition coefficient (Wildman–Crippen LogP) is 2.63. The van der Waals surface area contributed by atoms with Gasteiger partial charge >= 0.3 is 5.97 Å². The number of benzene rings is 2. The third kappa shape index (κ3) is 3.31. The lowest BCUT2D eigenvalue weighted by Crippen LogP contribution is -2.18. The molecule has 0 radical (unpaired) electrons. The lowest BCUT2D eigenvalue weighted by atomic mass is 10.0. The van der Waals surface area contributed by atoms with Crippen molar-refractivity contribution >= 4 is 28.7 Å². The molecular formula is C16H10N4O9. The number of carboxylic acids is 1. The fraction of sp³-hybridized carbons (Fsp3) is 0.125. The highest BCUT2D eigenvalue weighted by Crippen LogP contribution is 2.45. The molecule has 13 nitrogen and oxygen atoms in total. The van der Waals surface area contributed by atoms with Crippen molar-refractivity contribution in [3.63, 3.8) is 0 Å². The average molecular weight is 402 g/mol. The zero-order valence-electron chi connectivity index (χ0n) is 14.5. The van der Waals surface area contributed by atoms with Crippen LogP contribution in [0.3, 0.4) is 0 Å². The van der Waals surface area contributed by atoms with E-state index in [0.717, 1.165) is 24.3 Å². The molecule has 0 fully saturated rings. The Kier molecular flexibility index (Phi) is 4.64. The Bertz CT molecular complexity index is 1130. The third-order valence-electron chi connectivity index (χ3n) is 4.15. The summed E-state index contributed by atoms with van der Waals surface area (Å²) >= 11 is 0. The Labute approximate surface area is 160 Å². The van der Waals surface area contributed by atoms with Gasteiger partial charge in [-0.2, -0.15) is 0 Å². The second kappa shape index (κ2) is 6.95. The molecule has 148 valence electrons. The standard InChI is InChI=1S/C16H10N4O9/c1-7(16(21)22)29-17-15-11-4-8(18(23)24)2-3-10(11)14-12(15)5-9(19(25)26)6-13(14)20(27)28/h2-7H,1H3,(H,21,22)/b17-15+/t7-/m0/s1. The van der Waals surface area contributed by atoms with Gasteiger partial charge in [0.25, 0.3) is 17.1 Å². The van der Waals surface area contributed by atoms with Crippen molar-refractivity contribution in [2.24, 2.45) is 5.16 Å². The zero-order valence-corrected chi connectivity index (χ0v) is 14.5. The highest BCUT2D eigenvalue weighted by Gasteiger charge is 2.36. The second-order valence-corrected chi connectivity index (χ2v) is 5.91. The van der Waals surface area contributed by atoms with Crippen LogP contribution in [0.1, 0.15) is 18.1 Å². The maximum Gasteiger partial charge on any atom is 0.347 e. The van der Waals surface area contributed by atoms with Gasteiger partial charge in [-0.05, 0) is 18.6 Å². The molecule has 1 atom stereocenters. The number of nitro benzene ring substituents is 3. The Morgan fingerprint density at radius 2 is 1.59 bits per heavy atom. The summed E-state index contributed by atoms with van der Waals surface area (Å²) in [6.07, 6.45) is -1.40. The van der Waals surface area contributed by atoms with E-state index in [1.807, 2.05) is 0 Å². The van der Waals surface area contributed by atoms with Gasteiger partial charge in [0.15, 0.2) is 0 Å². The second-order valence-electron chi connectivity index (χ2n) is 5.91. The molecular weight excluding hydrogens is 392 g/mol. The van der Waals surface area contributed by atoms with Crippen LogP contribution >= 0.6 is 0 Å². The molecule has 0 aliphatic heterocycles. The first kappa shape index (κ1) is 19.3. The van der Waals surface area contributed by atoms with Crippen molar-refractivity contribution < 1.29 is 29.5 Å². The quantitative estimate of drug-likeness (QED) is 0.477. The number of carbonyl (C=O) groups is 1. The number of nitrogens with zero attached hydrogens (tertiary/aromatic N) is 4. The van der Waals surface area contributed by atoms with Crippen molar-refractivity contribution in [1.29, 1.82) is 0 Å². The van der Waals surface area contributed by atoms with E-state index in [-0.39, 0.29) is 33.7 Å². The molecule has 1 N–H and O–H groups in total. The van der Waals surface area contributed by atoms with E-state index >= 15 is 0 Å². The average Bonchev–Trinajstić information content (AvgIpc) is 2.97. The van der Waals surface area contributed by atoms with Crippen LogP contribution in [-0.2, 0) is 9.63 Å². The van der Waals surface area contributed by atoms with Crippen LogP contribution in [-0.4, -0.2) is 37.7 Å². The van der Waals surface area contributed by atoms with Crippen molar-refractivity contribution in [2.45, 2.75) is 13.0 Å². The molecule has 0 saturated heterocycles. The van der Waals surface area contributed by atoms with E-state index < -0.39 is 38.2 Å². The summed E-state index contributed by atoms with van der Waals surface area (Å²) in [6, 6.07) is 5.25. The summed E-state index contributed by atoms with van der Waals surface area (Å²) in [5.74, 6) is -1.35. The summed E-state index contributed by atoms with van der Waals surface area (Å²) < 4.78 is 0. The van der Waals surface area contributed by atoms with Gasteiger partial charge in [-0.15, -0.1) is 0 Å². The fourth-order valence-corrected chi connectivity index (χ4v) is 2.81. The minimum Gasteiger partial charge on any atom is -0.478 e. The maximum atomic E-state index is 11.5. The third-order valence-corrected chi connectivity index (χ3v) is 4.15. The molecule has 13 heteroatoms. The molecule has 0 unspecified atom stereocenters. The molecule has 0 amide bonds. The summed E-state index contributed by atoms with van der Waals surface area (Å²) in [5, 5.41) is 46.5. The number of nitro groups is 3. The van der Waals surface area contributed by atoms with Crippen LogP contribution in [0.25, 0.3) is 11.1 Å². The SMILES string of the molecule is C[C@H](O/N=C1\c2cc([N+](=O)[O-])ccc2-c2c1cc([N+](=O)[O-])cc2[N+](=O)[O-])C(=O)O. The summed E-state index contributed by atoms with van der Waals surface area (Å²) in [6.45, 7) is 1.17. The van der Waals surface area contributed by atoms with Gasteiger partial charge in [-0.3, -0.25) is 30.3 Å². The molecule has 0 spiro atoms. The van der Waals surface area contributed by atoms with Gasteiger partial charge in [-0.25, -0.2) is 4.79 Å². The normalized spacial score (nSPS) is 14.0. The van der Waals surface area contributed by atoms with Crippen LogP contribution in [0.4, 0.5) is 17.1 Å². The molecule has 0 aromatic heterocycles. The van der Waals surface area contributed by atoms with Gasteiger partial charge < -0.3 is 9.94 Å². The van der Waals surface area contributed by atoms with Crippen molar-refractivity contribution in [1.82, 2.24) is 0 Å². The van der Waals surface area contributed by atoms with Gasteiger partial charge in [0.2, 0.25) is 6.10 Å². The molecule has 2 aromatic rings. The first-order valence-electron chi connectivity index (χ1n) is 7.84. The molecule has 1 aliphatic carbocycles. The van der Waals surface area contributed by atoms with Crippen molar-refractivity contribution in [3.05, 3.63) is 71.8 Å². The van der Waals surface area contributed by atoms with Gasteiger partial charge in [0, 0.05) is 29.3 Å². The number of hydrogen-bond acceptors (Lipinski definition) is 9. The lowest BCUT2D eigenvalue weighted by Gasteiger charge is -2.06. The zero-order chi connectivity index (χ0) is 21.5. The molecule has 0 saturated carbocycles. The first-order chi connectivity index (χ1) is 13.6. The van der Waals surface area contributed by atoms with Crippen molar-refractivity contribution in [2.75, 3.05) is 0 Å². The first-order valence-corrected chi connectivity index (χ1v) is 7.84. The Hall–Kier alpha value is -4.42. The van der Waals surface area contributed by atoms with Gasteiger partial charge in [0.05, 0.1) is 26.4 Å². The van der Waals surface area contributed by atoms with Crippen LogP contribution in [0.5, 0.6) is 0 Å². The predicted molar refractivity (Wildman–Crippen MR) is 95.7 cm³/mol. The number of carboxylic acid groups (broad SMARTS) is 1.